The van der Waals surface area contributed by atoms with E-state index in [9.17, 15) is 10.1 Å². The van der Waals surface area contributed by atoms with Gasteiger partial charge in [-0.2, -0.15) is 0 Å². The topological polar surface area (TPSA) is 64.8 Å². The largest absolute Gasteiger partial charge is 0.382 e. The van der Waals surface area contributed by atoms with Crippen molar-refractivity contribution in [2.75, 3.05) is 33.4 Å². The lowest BCUT2D eigenvalue weighted by Crippen LogP contribution is -2.43. The van der Waals surface area contributed by atoms with Crippen LogP contribution in [-0.2, 0) is 16.0 Å². The average molecular weight is 280 g/mol. The van der Waals surface area contributed by atoms with Crippen LogP contribution in [0.4, 0.5) is 5.69 Å². The second kappa shape index (κ2) is 6.78. The maximum absolute atomic E-state index is 11.0. The molecule has 0 amide bonds. The van der Waals surface area contributed by atoms with Gasteiger partial charge in [-0.3, -0.25) is 15.0 Å². The number of hydrogen-bond acceptors (Lipinski definition) is 5. The molecular formula is C14H20N2O4. The second-order valence-electron chi connectivity index (χ2n) is 5.06. The van der Waals surface area contributed by atoms with Crippen LogP contribution in [0.2, 0.25) is 0 Å². The maximum Gasteiger partial charge on any atom is 0.272 e. The average Bonchev–Trinajstić information content (AvgIpc) is 2.41. The summed E-state index contributed by atoms with van der Waals surface area (Å²) in [6.07, 6.45) is 0.0779. The molecule has 0 aliphatic carbocycles. The minimum absolute atomic E-state index is 0.0779. The molecule has 0 aromatic heterocycles. The molecule has 0 radical (unpaired) electrons. The first kappa shape index (κ1) is 14.9. The van der Waals surface area contributed by atoms with Crippen LogP contribution in [0.3, 0.4) is 0 Å². The second-order valence-corrected chi connectivity index (χ2v) is 5.06. The van der Waals surface area contributed by atoms with Crippen LogP contribution in [-0.4, -0.2) is 49.3 Å². The summed E-state index contributed by atoms with van der Waals surface area (Å²) in [6.45, 7) is 5.32. The molecule has 1 aliphatic heterocycles. The third kappa shape index (κ3) is 3.75. The first-order valence-electron chi connectivity index (χ1n) is 6.67. The van der Waals surface area contributed by atoms with Gasteiger partial charge in [-0.25, -0.2) is 0 Å². The monoisotopic (exact) mass is 280 g/mol. The van der Waals surface area contributed by atoms with E-state index in [4.69, 9.17) is 9.47 Å². The molecule has 110 valence electrons. The molecule has 1 aliphatic rings. The van der Waals surface area contributed by atoms with E-state index in [1.165, 1.54) is 0 Å². The first-order chi connectivity index (χ1) is 9.60. The van der Waals surface area contributed by atoms with E-state index in [2.05, 4.69) is 4.90 Å². The summed E-state index contributed by atoms with van der Waals surface area (Å²) in [5, 5.41) is 11.0. The Bertz CT molecular complexity index is 476. The normalized spacial score (nSPS) is 20.0. The number of nitro benzene ring substituents is 1. The van der Waals surface area contributed by atoms with Crippen LogP contribution in [0.25, 0.3) is 0 Å². The Labute approximate surface area is 118 Å². The molecule has 0 saturated carbocycles. The summed E-state index contributed by atoms with van der Waals surface area (Å²) >= 11 is 0. The van der Waals surface area contributed by atoms with Crippen LogP contribution in [0.15, 0.2) is 18.2 Å². The van der Waals surface area contributed by atoms with Gasteiger partial charge in [0.05, 0.1) is 24.2 Å². The number of benzene rings is 1. The number of nitrogens with zero attached hydrogens (tertiary/aromatic N) is 2. The zero-order chi connectivity index (χ0) is 14.5. The van der Waals surface area contributed by atoms with Gasteiger partial charge in [0.15, 0.2) is 0 Å². The molecule has 1 saturated heterocycles. The third-order valence-electron chi connectivity index (χ3n) is 3.45. The molecule has 0 bridgehead atoms. The zero-order valence-corrected chi connectivity index (χ0v) is 11.9. The Morgan fingerprint density at radius 3 is 3.05 bits per heavy atom. The Kier molecular flexibility index (Phi) is 5.05. The maximum atomic E-state index is 11.0. The lowest BCUT2D eigenvalue weighted by Gasteiger charge is -2.32. The number of aryl methyl sites for hydroxylation is 1. The molecule has 1 fully saturated rings. The molecule has 1 atom stereocenters. The minimum Gasteiger partial charge on any atom is -0.382 e. The number of morpholine rings is 1. The Hall–Kier alpha value is -1.50. The molecule has 6 heteroatoms. The van der Waals surface area contributed by atoms with Crippen molar-refractivity contribution in [3.63, 3.8) is 0 Å². The van der Waals surface area contributed by atoms with Crippen molar-refractivity contribution in [3.8, 4) is 0 Å². The molecule has 0 unspecified atom stereocenters. The van der Waals surface area contributed by atoms with Crippen molar-refractivity contribution in [1.82, 2.24) is 4.90 Å². The fourth-order valence-corrected chi connectivity index (χ4v) is 2.42. The molecule has 6 nitrogen and oxygen atoms in total. The fourth-order valence-electron chi connectivity index (χ4n) is 2.42. The number of rotatable bonds is 5. The zero-order valence-electron chi connectivity index (χ0n) is 11.9. The lowest BCUT2D eigenvalue weighted by molar-refractivity contribution is -0.385. The van der Waals surface area contributed by atoms with Crippen LogP contribution in [0.1, 0.15) is 11.1 Å². The summed E-state index contributed by atoms with van der Waals surface area (Å²) in [5.41, 5.74) is 1.84. The molecular weight excluding hydrogens is 260 g/mol. The van der Waals surface area contributed by atoms with Gasteiger partial charge >= 0.3 is 0 Å². The van der Waals surface area contributed by atoms with E-state index >= 15 is 0 Å². The highest BCUT2D eigenvalue weighted by atomic mass is 16.6. The van der Waals surface area contributed by atoms with Crippen molar-refractivity contribution in [1.29, 1.82) is 0 Å². The smallest absolute Gasteiger partial charge is 0.272 e. The van der Waals surface area contributed by atoms with Gasteiger partial charge in [-0.1, -0.05) is 12.1 Å². The molecule has 0 spiro atoms. The van der Waals surface area contributed by atoms with Gasteiger partial charge in [0, 0.05) is 38.4 Å². The highest BCUT2D eigenvalue weighted by Crippen LogP contribution is 2.20. The Morgan fingerprint density at radius 1 is 1.55 bits per heavy atom. The number of nitro groups is 1. The number of hydrogen-bond donors (Lipinski definition) is 0. The van der Waals surface area contributed by atoms with E-state index in [1.807, 2.05) is 6.07 Å². The summed E-state index contributed by atoms with van der Waals surface area (Å²) in [4.78, 5) is 12.9. The van der Waals surface area contributed by atoms with Crippen LogP contribution in [0, 0.1) is 17.0 Å². The SMILES string of the molecule is COC[C@H]1CN(Cc2ccc(C)c([N+](=O)[O-])c2)CCO1. The van der Waals surface area contributed by atoms with E-state index in [-0.39, 0.29) is 16.7 Å². The molecule has 0 N–H and O–H groups in total. The van der Waals surface area contributed by atoms with Gasteiger partial charge in [0.2, 0.25) is 0 Å². The van der Waals surface area contributed by atoms with Gasteiger partial charge in [0.1, 0.15) is 0 Å². The van der Waals surface area contributed by atoms with Crippen LogP contribution >= 0.6 is 0 Å². The first-order valence-corrected chi connectivity index (χ1v) is 6.67. The highest BCUT2D eigenvalue weighted by molar-refractivity contribution is 5.42. The van der Waals surface area contributed by atoms with Crippen LogP contribution in [0.5, 0.6) is 0 Å². The predicted octanol–water partition coefficient (Wildman–Crippen LogP) is 1.75. The number of ether oxygens (including phenoxy) is 2. The molecule has 2 rings (SSSR count). The fraction of sp³-hybridized carbons (Fsp3) is 0.571. The summed E-state index contributed by atoms with van der Waals surface area (Å²) < 4.78 is 10.7. The number of methoxy groups -OCH3 is 1. The van der Waals surface area contributed by atoms with E-state index in [0.717, 1.165) is 18.7 Å². The van der Waals surface area contributed by atoms with Crippen molar-refractivity contribution < 1.29 is 14.4 Å². The molecule has 1 heterocycles. The van der Waals surface area contributed by atoms with E-state index in [1.54, 1.807) is 26.2 Å². The van der Waals surface area contributed by atoms with Crippen molar-refractivity contribution in [2.45, 2.75) is 19.6 Å². The molecule has 1 aromatic rings. The molecule has 1 aromatic carbocycles. The Balaban J connectivity index is 2.02. The van der Waals surface area contributed by atoms with E-state index in [0.29, 0.717) is 25.3 Å². The van der Waals surface area contributed by atoms with Crippen molar-refractivity contribution in [2.24, 2.45) is 0 Å². The lowest BCUT2D eigenvalue weighted by atomic mass is 10.1. The minimum atomic E-state index is -0.328. The highest BCUT2D eigenvalue weighted by Gasteiger charge is 2.21. The summed E-state index contributed by atoms with van der Waals surface area (Å²) in [6, 6.07) is 5.42. The van der Waals surface area contributed by atoms with Crippen LogP contribution < -0.4 is 0 Å². The quantitative estimate of drug-likeness (QED) is 0.607. The van der Waals surface area contributed by atoms with Crippen molar-refractivity contribution >= 4 is 5.69 Å². The van der Waals surface area contributed by atoms with Gasteiger partial charge < -0.3 is 9.47 Å². The Morgan fingerprint density at radius 2 is 2.35 bits per heavy atom. The third-order valence-corrected chi connectivity index (χ3v) is 3.45. The van der Waals surface area contributed by atoms with E-state index < -0.39 is 0 Å². The summed E-state index contributed by atoms with van der Waals surface area (Å²) in [5.74, 6) is 0. The summed E-state index contributed by atoms with van der Waals surface area (Å²) in [7, 11) is 1.66. The predicted molar refractivity (Wildman–Crippen MR) is 74.7 cm³/mol. The molecule has 20 heavy (non-hydrogen) atoms. The van der Waals surface area contributed by atoms with Gasteiger partial charge in [-0.15, -0.1) is 0 Å². The standard InChI is InChI=1S/C14H20N2O4/c1-11-3-4-12(7-14(11)16(17)18)8-15-5-6-20-13(9-15)10-19-2/h3-4,7,13H,5-6,8-10H2,1-2H3/t13-/m1/s1. The van der Waals surface area contributed by atoms with Gasteiger partial charge in [0.25, 0.3) is 5.69 Å². The van der Waals surface area contributed by atoms with Crippen molar-refractivity contribution in [3.05, 3.63) is 39.4 Å². The van der Waals surface area contributed by atoms with Gasteiger partial charge in [-0.05, 0) is 12.5 Å².